The molecular formula is C21H26N4OS. The van der Waals surface area contributed by atoms with Crippen molar-refractivity contribution in [3.8, 4) is 0 Å². The van der Waals surface area contributed by atoms with Gasteiger partial charge in [-0.05, 0) is 66.8 Å². The molecule has 1 aliphatic rings. The molecule has 2 aromatic heterocycles. The van der Waals surface area contributed by atoms with Crippen LogP contribution in [0.25, 0.3) is 16.6 Å². The third-order valence-corrected chi connectivity index (χ3v) is 6.35. The second-order valence-corrected chi connectivity index (χ2v) is 8.53. The number of piperidine rings is 1. The van der Waals surface area contributed by atoms with Gasteiger partial charge in [0.05, 0.1) is 11.3 Å². The lowest BCUT2D eigenvalue weighted by Gasteiger charge is -2.30. The van der Waals surface area contributed by atoms with E-state index in [0.717, 1.165) is 47.8 Å². The molecule has 27 heavy (non-hydrogen) atoms. The summed E-state index contributed by atoms with van der Waals surface area (Å²) in [7, 11) is 0. The molecular weight excluding hydrogens is 356 g/mol. The largest absolute Gasteiger partial charge is 0.342 e. The second kappa shape index (κ2) is 7.50. The maximum absolute atomic E-state index is 12.6. The zero-order chi connectivity index (χ0) is 19.0. The minimum atomic E-state index is 0.202. The van der Waals surface area contributed by atoms with Crippen LogP contribution in [0.5, 0.6) is 0 Å². The van der Waals surface area contributed by atoms with Crippen LogP contribution in [0.1, 0.15) is 37.8 Å². The van der Waals surface area contributed by atoms with E-state index in [1.54, 1.807) is 0 Å². The molecule has 1 aliphatic heterocycles. The molecule has 0 saturated carbocycles. The Balaban J connectivity index is 1.63. The highest BCUT2D eigenvalue weighted by atomic mass is 32.2. The van der Waals surface area contributed by atoms with Gasteiger partial charge in [-0.15, -0.1) is 10.2 Å². The van der Waals surface area contributed by atoms with Gasteiger partial charge < -0.3 is 4.90 Å². The number of aryl methyl sites for hydroxylation is 2. The molecule has 1 saturated heterocycles. The number of aromatic nitrogens is 3. The Hall–Kier alpha value is -2.08. The van der Waals surface area contributed by atoms with Crippen LogP contribution in [0.4, 0.5) is 0 Å². The maximum atomic E-state index is 12.6. The lowest BCUT2D eigenvalue weighted by atomic mass is 10.0. The van der Waals surface area contributed by atoms with Crippen LogP contribution >= 0.6 is 11.8 Å². The first-order valence-electron chi connectivity index (χ1n) is 9.74. The number of thioether (sulfide) groups is 1. The number of hydrogen-bond donors (Lipinski definition) is 0. The average molecular weight is 383 g/mol. The third-order valence-electron chi connectivity index (χ3n) is 5.43. The number of likely N-dealkylation sites (tertiary alicyclic amines) is 1. The molecule has 0 spiro atoms. The van der Waals surface area contributed by atoms with Crippen molar-refractivity contribution < 1.29 is 4.79 Å². The number of benzene rings is 1. The molecule has 142 valence electrons. The van der Waals surface area contributed by atoms with E-state index in [4.69, 9.17) is 0 Å². The lowest BCUT2D eigenvalue weighted by molar-refractivity contribution is -0.130. The highest BCUT2D eigenvalue weighted by Crippen LogP contribution is 2.27. The standard InChI is InChI=1S/C21H26N4OS/c1-4-16-7-8-18-17(11-16)10-15(3)20-22-23-21(25(18)20)27-13-19(26)24-9-5-6-14(2)12-24/h7-8,10-11,14H,4-6,9,12-13H2,1-3H3/t14-/m1/s1. The Morgan fingerprint density at radius 2 is 2.15 bits per heavy atom. The van der Waals surface area contributed by atoms with Crippen LogP contribution < -0.4 is 0 Å². The number of rotatable bonds is 4. The van der Waals surface area contributed by atoms with Crippen molar-refractivity contribution in [1.82, 2.24) is 19.5 Å². The number of hydrogen-bond acceptors (Lipinski definition) is 4. The Morgan fingerprint density at radius 3 is 2.93 bits per heavy atom. The zero-order valence-electron chi connectivity index (χ0n) is 16.2. The topological polar surface area (TPSA) is 50.5 Å². The molecule has 3 heterocycles. The summed E-state index contributed by atoms with van der Waals surface area (Å²) >= 11 is 1.49. The minimum absolute atomic E-state index is 0.202. The van der Waals surface area contributed by atoms with Crippen LogP contribution in [-0.4, -0.2) is 44.2 Å². The third kappa shape index (κ3) is 3.55. The lowest BCUT2D eigenvalue weighted by Crippen LogP contribution is -2.40. The molecule has 4 rings (SSSR count). The first-order chi connectivity index (χ1) is 13.1. The Morgan fingerprint density at radius 1 is 1.30 bits per heavy atom. The van der Waals surface area contributed by atoms with Gasteiger partial charge in [-0.25, -0.2) is 0 Å². The van der Waals surface area contributed by atoms with Gasteiger partial charge in [-0.3, -0.25) is 9.20 Å². The van der Waals surface area contributed by atoms with Crippen molar-refractivity contribution in [2.75, 3.05) is 18.8 Å². The van der Waals surface area contributed by atoms with Crippen molar-refractivity contribution in [3.63, 3.8) is 0 Å². The number of pyridine rings is 1. The molecule has 5 nitrogen and oxygen atoms in total. The predicted molar refractivity (Wildman–Crippen MR) is 110 cm³/mol. The van der Waals surface area contributed by atoms with Crippen LogP contribution in [0.2, 0.25) is 0 Å². The van der Waals surface area contributed by atoms with E-state index >= 15 is 0 Å². The Bertz CT molecular complexity index is 997. The van der Waals surface area contributed by atoms with Gasteiger partial charge in [0.1, 0.15) is 0 Å². The first kappa shape index (κ1) is 18.3. The number of carbonyl (C=O) groups excluding carboxylic acids is 1. The summed E-state index contributed by atoms with van der Waals surface area (Å²) in [6.45, 7) is 8.21. The van der Waals surface area contributed by atoms with Crippen molar-refractivity contribution in [1.29, 1.82) is 0 Å². The molecule has 0 aliphatic carbocycles. The molecule has 1 aromatic carbocycles. The molecule has 1 atom stereocenters. The minimum Gasteiger partial charge on any atom is -0.342 e. The molecule has 0 bridgehead atoms. The Kier molecular flexibility index (Phi) is 5.08. The van der Waals surface area contributed by atoms with E-state index in [0.29, 0.717) is 11.7 Å². The maximum Gasteiger partial charge on any atom is 0.233 e. The van der Waals surface area contributed by atoms with E-state index in [9.17, 15) is 4.79 Å². The molecule has 1 amide bonds. The monoisotopic (exact) mass is 382 g/mol. The van der Waals surface area contributed by atoms with E-state index in [1.807, 2.05) is 4.90 Å². The predicted octanol–water partition coefficient (Wildman–Crippen LogP) is 4.10. The Labute approximate surface area is 164 Å². The number of carbonyl (C=O) groups is 1. The van der Waals surface area contributed by atoms with Gasteiger partial charge in [-0.1, -0.05) is 31.7 Å². The van der Waals surface area contributed by atoms with Crippen LogP contribution in [0, 0.1) is 12.8 Å². The van der Waals surface area contributed by atoms with Crippen molar-refractivity contribution in [3.05, 3.63) is 35.4 Å². The van der Waals surface area contributed by atoms with Gasteiger partial charge in [0.15, 0.2) is 10.8 Å². The molecule has 1 fully saturated rings. The fourth-order valence-corrected chi connectivity index (χ4v) is 4.76. The van der Waals surface area contributed by atoms with Crippen LogP contribution in [0.3, 0.4) is 0 Å². The summed E-state index contributed by atoms with van der Waals surface area (Å²) in [4.78, 5) is 14.6. The molecule has 3 aromatic rings. The summed E-state index contributed by atoms with van der Waals surface area (Å²) < 4.78 is 2.10. The fraction of sp³-hybridized carbons (Fsp3) is 0.476. The smallest absolute Gasteiger partial charge is 0.233 e. The fourth-order valence-electron chi connectivity index (χ4n) is 3.91. The van der Waals surface area contributed by atoms with E-state index < -0.39 is 0 Å². The summed E-state index contributed by atoms with van der Waals surface area (Å²) in [5, 5.41) is 10.8. The number of amides is 1. The average Bonchev–Trinajstić information content (AvgIpc) is 3.10. The van der Waals surface area contributed by atoms with Gasteiger partial charge in [0.25, 0.3) is 0 Å². The quantitative estimate of drug-likeness (QED) is 0.638. The highest BCUT2D eigenvalue weighted by molar-refractivity contribution is 7.99. The zero-order valence-corrected chi connectivity index (χ0v) is 17.1. The number of nitrogens with zero attached hydrogens (tertiary/aromatic N) is 4. The molecule has 0 N–H and O–H groups in total. The molecule has 6 heteroatoms. The SMILES string of the molecule is CCc1ccc2c(c1)cc(C)c1nnc(SCC(=O)N3CCC[C@@H](C)C3)n12. The van der Waals surface area contributed by atoms with Crippen molar-refractivity contribution >= 4 is 34.2 Å². The first-order valence-corrected chi connectivity index (χ1v) is 10.7. The summed E-state index contributed by atoms with van der Waals surface area (Å²) in [5.74, 6) is 1.21. The van der Waals surface area contributed by atoms with E-state index in [2.05, 4.69) is 59.6 Å². The van der Waals surface area contributed by atoms with Gasteiger partial charge in [0, 0.05) is 13.1 Å². The molecule has 0 unspecified atom stereocenters. The van der Waals surface area contributed by atoms with Gasteiger partial charge in [0.2, 0.25) is 5.91 Å². The van der Waals surface area contributed by atoms with Crippen LogP contribution in [0.15, 0.2) is 29.4 Å². The molecule has 0 radical (unpaired) electrons. The van der Waals surface area contributed by atoms with Crippen molar-refractivity contribution in [2.24, 2.45) is 5.92 Å². The summed E-state index contributed by atoms with van der Waals surface area (Å²) in [6.07, 6.45) is 3.34. The van der Waals surface area contributed by atoms with Crippen LogP contribution in [-0.2, 0) is 11.2 Å². The van der Waals surface area contributed by atoms with Gasteiger partial charge >= 0.3 is 0 Å². The van der Waals surface area contributed by atoms with Gasteiger partial charge in [-0.2, -0.15) is 0 Å². The normalized spacial score (nSPS) is 17.7. The summed E-state index contributed by atoms with van der Waals surface area (Å²) in [6, 6.07) is 8.71. The van der Waals surface area contributed by atoms with E-state index in [-0.39, 0.29) is 5.91 Å². The van der Waals surface area contributed by atoms with E-state index in [1.165, 1.54) is 29.1 Å². The van der Waals surface area contributed by atoms with Crippen molar-refractivity contribution in [2.45, 2.75) is 45.2 Å². The summed E-state index contributed by atoms with van der Waals surface area (Å²) in [5.41, 5.74) is 4.39. The second-order valence-electron chi connectivity index (χ2n) is 7.59. The number of fused-ring (bicyclic) bond motifs is 3. The highest BCUT2D eigenvalue weighted by Gasteiger charge is 2.22.